The van der Waals surface area contributed by atoms with Crippen molar-refractivity contribution in [2.45, 2.75) is 13.5 Å². The molecule has 0 atom stereocenters. The monoisotopic (exact) mass is 573 g/mol. The molecule has 1 heterocycles. The van der Waals surface area contributed by atoms with Gasteiger partial charge >= 0.3 is 6.03 Å². The van der Waals surface area contributed by atoms with Crippen molar-refractivity contribution in [2.24, 2.45) is 0 Å². The van der Waals surface area contributed by atoms with E-state index in [-0.39, 0.29) is 23.1 Å². The number of nitrogens with one attached hydrogen (secondary N) is 2. The number of rotatable bonds is 8. The number of benzene rings is 3. The maximum atomic E-state index is 12.9. The number of aryl methyl sites for hydroxylation is 1. The highest BCUT2D eigenvalue weighted by Gasteiger charge is 2.35. The van der Waals surface area contributed by atoms with Crippen LogP contribution in [0, 0.1) is 6.92 Å². The lowest BCUT2D eigenvalue weighted by atomic mass is 10.1. The number of nitrogens with zero attached hydrogens (tertiary/aromatic N) is 1. The van der Waals surface area contributed by atoms with Gasteiger partial charge < -0.3 is 20.1 Å². The molecule has 1 aliphatic rings. The molecule has 0 aliphatic carbocycles. The molecule has 8 nitrogen and oxygen atoms in total. The molecule has 2 N–H and O–H groups in total. The van der Waals surface area contributed by atoms with Crippen molar-refractivity contribution in [1.29, 1.82) is 0 Å². The van der Waals surface area contributed by atoms with Gasteiger partial charge in [-0.05, 0) is 60.5 Å². The summed E-state index contributed by atoms with van der Waals surface area (Å²) in [4.78, 5) is 38.5. The van der Waals surface area contributed by atoms with Gasteiger partial charge in [-0.25, -0.2) is 9.69 Å². The molecule has 0 aromatic heterocycles. The first-order valence-electron chi connectivity index (χ1n) is 11.3. The van der Waals surface area contributed by atoms with Crippen molar-refractivity contribution in [3.63, 3.8) is 0 Å². The Morgan fingerprint density at radius 1 is 1.05 bits per heavy atom. The number of hydrogen-bond donors (Lipinski definition) is 2. The second-order valence-electron chi connectivity index (χ2n) is 8.36. The van der Waals surface area contributed by atoms with Crippen LogP contribution in [0.15, 0.2) is 60.3 Å². The van der Waals surface area contributed by atoms with Gasteiger partial charge in [-0.15, -0.1) is 0 Å². The summed E-state index contributed by atoms with van der Waals surface area (Å²) in [6.07, 6.45) is 1.44. The number of amides is 4. The molecule has 38 heavy (non-hydrogen) atoms. The summed E-state index contributed by atoms with van der Waals surface area (Å²) in [5, 5.41) is 6.33. The van der Waals surface area contributed by atoms with E-state index < -0.39 is 24.4 Å². The van der Waals surface area contributed by atoms with Gasteiger partial charge in [0.05, 0.1) is 12.1 Å². The highest BCUT2D eigenvalue weighted by molar-refractivity contribution is 6.35. The number of ether oxygens (including phenoxy) is 2. The Morgan fingerprint density at radius 2 is 1.84 bits per heavy atom. The Hall–Kier alpha value is -3.72. The van der Waals surface area contributed by atoms with E-state index in [4.69, 9.17) is 44.3 Å². The first-order valence-corrected chi connectivity index (χ1v) is 12.4. The molecule has 4 amide bonds. The number of methoxy groups -OCH3 is 1. The number of anilines is 1. The van der Waals surface area contributed by atoms with Crippen LogP contribution in [0.5, 0.6) is 11.5 Å². The minimum atomic E-state index is -0.710. The Balaban J connectivity index is 1.47. The van der Waals surface area contributed by atoms with Crippen LogP contribution in [-0.2, 0) is 16.2 Å². The van der Waals surface area contributed by atoms with Crippen LogP contribution < -0.4 is 20.1 Å². The topological polar surface area (TPSA) is 97.0 Å². The zero-order valence-electron chi connectivity index (χ0n) is 20.3. The van der Waals surface area contributed by atoms with E-state index in [9.17, 15) is 14.4 Å². The van der Waals surface area contributed by atoms with Crippen LogP contribution in [0.25, 0.3) is 6.08 Å². The molecule has 1 fully saturated rings. The molecule has 1 saturated heterocycles. The molecule has 3 aromatic carbocycles. The Kier molecular flexibility index (Phi) is 8.46. The third kappa shape index (κ3) is 6.39. The fourth-order valence-corrected chi connectivity index (χ4v) is 4.44. The van der Waals surface area contributed by atoms with Crippen LogP contribution in [0.4, 0.5) is 10.5 Å². The molecule has 4 rings (SSSR count). The van der Waals surface area contributed by atoms with Crippen LogP contribution in [0.1, 0.15) is 16.7 Å². The number of halogens is 3. The smallest absolute Gasteiger partial charge is 0.329 e. The van der Waals surface area contributed by atoms with Crippen molar-refractivity contribution in [3.8, 4) is 11.5 Å². The molecule has 0 saturated carbocycles. The molecule has 0 spiro atoms. The van der Waals surface area contributed by atoms with E-state index in [1.165, 1.54) is 13.2 Å². The summed E-state index contributed by atoms with van der Waals surface area (Å²) in [7, 11) is 1.45. The lowest BCUT2D eigenvalue weighted by Gasteiger charge is -2.14. The minimum absolute atomic E-state index is 0.0157. The molecular weight excluding hydrogens is 553 g/mol. The predicted molar refractivity (Wildman–Crippen MR) is 147 cm³/mol. The van der Waals surface area contributed by atoms with Gasteiger partial charge in [0, 0.05) is 21.3 Å². The van der Waals surface area contributed by atoms with E-state index >= 15 is 0 Å². The van der Waals surface area contributed by atoms with Crippen LogP contribution in [0.3, 0.4) is 0 Å². The van der Waals surface area contributed by atoms with E-state index in [1.54, 1.807) is 48.5 Å². The second-order valence-corrected chi connectivity index (χ2v) is 9.61. The standard InChI is InChI=1S/C27H22Cl3N3O5/c1-15-4-3-5-19(8-15)31-24(34)13-33-26(35)22(32-27(33)36)10-16-9-21(30)25(23(11-16)37-2)38-14-17-6-7-18(28)12-20(17)29/h3-12H,13-14H2,1-2H3,(H,31,34)(H,32,36)/b22-10+. The summed E-state index contributed by atoms with van der Waals surface area (Å²) in [5.41, 5.74) is 2.69. The lowest BCUT2D eigenvalue weighted by Crippen LogP contribution is -2.38. The number of carbonyl (C=O) groups excluding carboxylic acids is 3. The van der Waals surface area contributed by atoms with E-state index in [0.29, 0.717) is 32.6 Å². The molecule has 0 unspecified atom stereocenters. The minimum Gasteiger partial charge on any atom is -0.493 e. The van der Waals surface area contributed by atoms with Gasteiger partial charge in [0.15, 0.2) is 11.5 Å². The largest absolute Gasteiger partial charge is 0.493 e. The first kappa shape index (κ1) is 27.3. The molecular formula is C27H22Cl3N3O5. The van der Waals surface area contributed by atoms with Crippen LogP contribution >= 0.6 is 34.8 Å². The summed E-state index contributed by atoms with van der Waals surface area (Å²) < 4.78 is 11.3. The zero-order valence-corrected chi connectivity index (χ0v) is 22.6. The summed E-state index contributed by atoms with van der Waals surface area (Å²) >= 11 is 18.6. The molecule has 3 aromatic rings. The number of carbonyl (C=O) groups is 3. The predicted octanol–water partition coefficient (Wildman–Crippen LogP) is 6.07. The summed E-state index contributed by atoms with van der Waals surface area (Å²) in [6.45, 7) is 1.56. The van der Waals surface area contributed by atoms with Crippen molar-refractivity contribution in [3.05, 3.63) is 92.1 Å². The van der Waals surface area contributed by atoms with Gasteiger partial charge in [-0.1, -0.05) is 53.0 Å². The van der Waals surface area contributed by atoms with Gasteiger partial charge in [0.25, 0.3) is 5.91 Å². The number of urea groups is 1. The lowest BCUT2D eigenvalue weighted by molar-refractivity contribution is -0.127. The van der Waals surface area contributed by atoms with Crippen molar-refractivity contribution >= 4 is 64.4 Å². The molecule has 196 valence electrons. The van der Waals surface area contributed by atoms with Gasteiger partial charge in [0.2, 0.25) is 5.91 Å². The maximum absolute atomic E-state index is 12.9. The van der Waals surface area contributed by atoms with Crippen molar-refractivity contribution in [2.75, 3.05) is 19.0 Å². The third-order valence-corrected chi connectivity index (χ3v) is 6.38. The summed E-state index contributed by atoms with van der Waals surface area (Å²) in [6, 6.07) is 14.7. The molecule has 11 heteroatoms. The van der Waals surface area contributed by atoms with Crippen LogP contribution in [0.2, 0.25) is 15.1 Å². The number of hydrogen-bond acceptors (Lipinski definition) is 5. The highest BCUT2D eigenvalue weighted by atomic mass is 35.5. The van der Waals surface area contributed by atoms with Gasteiger partial charge in [0.1, 0.15) is 18.8 Å². The average Bonchev–Trinajstić information content (AvgIpc) is 3.11. The zero-order chi connectivity index (χ0) is 27.4. The Bertz CT molecular complexity index is 1460. The SMILES string of the molecule is COc1cc(/C=C2/NC(=O)N(CC(=O)Nc3cccc(C)c3)C2=O)cc(Cl)c1OCc1ccc(Cl)cc1Cl. The van der Waals surface area contributed by atoms with Crippen LogP contribution in [-0.4, -0.2) is 36.4 Å². The Labute approximate surface area is 234 Å². The van der Waals surface area contributed by atoms with Gasteiger partial charge in [-0.3, -0.25) is 9.59 Å². The molecule has 1 aliphatic heterocycles. The van der Waals surface area contributed by atoms with Gasteiger partial charge in [-0.2, -0.15) is 0 Å². The number of imide groups is 1. The maximum Gasteiger partial charge on any atom is 0.329 e. The average molecular weight is 575 g/mol. The van der Waals surface area contributed by atoms with Crippen molar-refractivity contribution in [1.82, 2.24) is 10.2 Å². The summed E-state index contributed by atoms with van der Waals surface area (Å²) in [5.74, 6) is -0.575. The quantitative estimate of drug-likeness (QED) is 0.251. The normalized spacial score (nSPS) is 14.0. The third-order valence-electron chi connectivity index (χ3n) is 5.52. The van der Waals surface area contributed by atoms with Crippen molar-refractivity contribution < 1.29 is 23.9 Å². The highest BCUT2D eigenvalue weighted by Crippen LogP contribution is 2.38. The van der Waals surface area contributed by atoms with E-state index in [2.05, 4.69) is 10.6 Å². The molecule has 0 radical (unpaired) electrons. The fraction of sp³-hybridized carbons (Fsp3) is 0.148. The fourth-order valence-electron chi connectivity index (χ4n) is 3.70. The second kappa shape index (κ2) is 11.8. The van der Waals surface area contributed by atoms with E-state index in [1.807, 2.05) is 13.0 Å². The first-order chi connectivity index (χ1) is 18.1. The Morgan fingerprint density at radius 3 is 2.55 bits per heavy atom. The van der Waals surface area contributed by atoms with E-state index in [0.717, 1.165) is 10.5 Å². The molecule has 0 bridgehead atoms.